The highest BCUT2D eigenvalue weighted by Gasteiger charge is 2.34. The fraction of sp³-hybridized carbons (Fsp3) is 0.567. The molecule has 0 bridgehead atoms. The first-order chi connectivity index (χ1) is 23.2. The number of aliphatic hydroxyl groups excluding tert-OH is 3. The third kappa shape index (κ3) is 11.8. The van der Waals surface area contributed by atoms with Gasteiger partial charge in [0.25, 0.3) is 5.91 Å². The van der Waals surface area contributed by atoms with Crippen LogP contribution in [0.15, 0.2) is 23.3 Å². The van der Waals surface area contributed by atoms with E-state index in [1.54, 1.807) is 10.8 Å². The summed E-state index contributed by atoms with van der Waals surface area (Å²) >= 11 is 2.64. The SMILES string of the molecule is C[C@H](C(=O)N[C@H](C(=O)OCCc1nc(-c2nc(C(=O)NCCC[S+](C)C)cs2)cs1)[C@@H](C)O)[C@H](O)[C@@H](C)NC(=O)[C@@H](N)[C@@H](O)c1cnc[nH]1. The number of carbonyl (C=O) groups is 4. The summed E-state index contributed by atoms with van der Waals surface area (Å²) in [6.07, 6.45) is 4.02. The maximum absolute atomic E-state index is 12.9. The summed E-state index contributed by atoms with van der Waals surface area (Å²) in [6, 6.07) is -3.78. The number of rotatable bonds is 19. The fourth-order valence-electron chi connectivity index (χ4n) is 4.42. The number of nitrogens with zero attached hydrogens (tertiary/aromatic N) is 3. The number of carbonyl (C=O) groups excluding carboxylic acids is 4. The molecule has 49 heavy (non-hydrogen) atoms. The van der Waals surface area contributed by atoms with Crippen LogP contribution in [-0.2, 0) is 36.4 Å². The van der Waals surface area contributed by atoms with E-state index in [9.17, 15) is 34.5 Å². The topological polar surface area (TPSA) is 255 Å². The highest BCUT2D eigenvalue weighted by molar-refractivity contribution is 7.95. The van der Waals surface area contributed by atoms with Crippen molar-refractivity contribution in [2.24, 2.45) is 11.7 Å². The highest BCUT2D eigenvalue weighted by Crippen LogP contribution is 2.26. The first kappa shape index (κ1) is 40.0. The number of nitrogens with two attached hydrogens (primary N) is 1. The number of H-pyrrole nitrogens is 1. The van der Waals surface area contributed by atoms with E-state index in [1.807, 2.05) is 0 Å². The molecule has 3 rings (SSSR count). The Morgan fingerprint density at radius 3 is 2.43 bits per heavy atom. The van der Waals surface area contributed by atoms with Crippen molar-refractivity contribution in [1.82, 2.24) is 35.9 Å². The largest absolute Gasteiger partial charge is 0.464 e. The first-order valence-electron chi connectivity index (χ1n) is 15.5. The smallest absolute Gasteiger partial charge is 0.331 e. The Bertz CT molecular complexity index is 1520. The molecular formula is C30H45N8O8S3+. The van der Waals surface area contributed by atoms with E-state index in [4.69, 9.17) is 10.5 Å². The summed E-state index contributed by atoms with van der Waals surface area (Å²) in [5.74, 6) is -2.73. The highest BCUT2D eigenvalue weighted by atomic mass is 32.2. The molecule has 7 atom stereocenters. The average Bonchev–Trinajstić information content (AvgIpc) is 3.86. The minimum atomic E-state index is -1.43. The van der Waals surface area contributed by atoms with Crippen LogP contribution >= 0.6 is 22.7 Å². The number of imidazole rings is 1. The number of amides is 3. The number of hydrogen-bond donors (Lipinski definition) is 8. The molecule has 3 amide bonds. The Balaban J connectivity index is 1.46. The van der Waals surface area contributed by atoms with E-state index in [0.29, 0.717) is 38.8 Å². The zero-order valence-electron chi connectivity index (χ0n) is 27.9. The minimum absolute atomic E-state index is 0.0841. The van der Waals surface area contributed by atoms with Crippen LogP contribution in [0.4, 0.5) is 0 Å². The second-order valence-electron chi connectivity index (χ2n) is 11.7. The van der Waals surface area contributed by atoms with Crippen LogP contribution in [0.1, 0.15) is 54.5 Å². The van der Waals surface area contributed by atoms with Crippen molar-refractivity contribution in [3.63, 3.8) is 0 Å². The summed E-state index contributed by atoms with van der Waals surface area (Å²) in [6.45, 7) is 4.65. The Morgan fingerprint density at radius 1 is 1.04 bits per heavy atom. The lowest BCUT2D eigenvalue weighted by atomic mass is 9.96. The van der Waals surface area contributed by atoms with Gasteiger partial charge >= 0.3 is 5.97 Å². The predicted octanol–water partition coefficient (Wildman–Crippen LogP) is -0.499. The molecule has 0 spiro atoms. The third-order valence-corrected chi connectivity index (χ3v) is 10.3. The predicted molar refractivity (Wildman–Crippen MR) is 187 cm³/mol. The lowest BCUT2D eigenvalue weighted by molar-refractivity contribution is -0.151. The molecule has 9 N–H and O–H groups in total. The van der Waals surface area contributed by atoms with Gasteiger partial charge in [0.05, 0.1) is 66.5 Å². The summed E-state index contributed by atoms with van der Waals surface area (Å²) in [4.78, 5) is 66.1. The van der Waals surface area contributed by atoms with Crippen molar-refractivity contribution in [2.45, 2.75) is 70.1 Å². The summed E-state index contributed by atoms with van der Waals surface area (Å²) in [5.41, 5.74) is 6.99. The van der Waals surface area contributed by atoms with Crippen LogP contribution in [-0.4, -0.2) is 121 Å². The molecule has 0 aliphatic heterocycles. The van der Waals surface area contributed by atoms with Crippen molar-refractivity contribution in [3.05, 3.63) is 39.7 Å². The van der Waals surface area contributed by atoms with Gasteiger partial charge in [0.2, 0.25) is 11.8 Å². The maximum Gasteiger partial charge on any atom is 0.331 e. The molecule has 0 aliphatic carbocycles. The standard InChI is InChI=1S/C30H44N8O8S3/c1-15(24(40)16(2)35-28(44)22(31)25(41)18-11-32-14-34-18)26(42)38-23(17(3)39)30(45)46-9-7-21-36-20(13-47-21)29-37-19(12-48-29)27(43)33-8-6-10-49(4)5/h11-17,22-25,39-41H,6-10,31H2,1-5H3,(H3-,32,33,34,35,38,42,43,44)/p+1/t15-,16+,17+,22-,23-,24-,25-/m0/s1. The number of esters is 1. The Labute approximate surface area is 295 Å². The molecule has 270 valence electrons. The van der Waals surface area contributed by atoms with Crippen LogP contribution < -0.4 is 21.7 Å². The van der Waals surface area contributed by atoms with E-state index < -0.39 is 60.1 Å². The monoisotopic (exact) mass is 741 g/mol. The van der Waals surface area contributed by atoms with Gasteiger partial charge in [-0.05, 0) is 24.7 Å². The number of hydrogen-bond acceptors (Lipinski definition) is 14. The molecule has 0 fully saturated rings. The zero-order valence-corrected chi connectivity index (χ0v) is 30.4. The van der Waals surface area contributed by atoms with Crippen molar-refractivity contribution in [1.29, 1.82) is 0 Å². The Morgan fingerprint density at radius 2 is 1.78 bits per heavy atom. The van der Waals surface area contributed by atoms with Gasteiger partial charge in [-0.25, -0.2) is 19.7 Å². The molecule has 0 radical (unpaired) electrons. The van der Waals surface area contributed by atoms with E-state index >= 15 is 0 Å². The van der Waals surface area contributed by atoms with E-state index in [2.05, 4.69) is 48.4 Å². The van der Waals surface area contributed by atoms with Crippen LogP contribution in [0.2, 0.25) is 0 Å². The maximum atomic E-state index is 12.9. The van der Waals surface area contributed by atoms with Gasteiger partial charge in [0.15, 0.2) is 6.04 Å². The summed E-state index contributed by atoms with van der Waals surface area (Å²) in [7, 11) is 0.325. The second-order valence-corrected chi connectivity index (χ2v) is 15.8. The number of ether oxygens (including phenoxy) is 1. The third-order valence-electron chi connectivity index (χ3n) is 7.41. The number of thiazole rings is 2. The van der Waals surface area contributed by atoms with Crippen molar-refractivity contribution < 1.29 is 39.2 Å². The van der Waals surface area contributed by atoms with Gasteiger partial charge in [0.1, 0.15) is 34.3 Å². The lowest BCUT2D eigenvalue weighted by Crippen LogP contribution is -2.55. The Hall–Kier alpha value is -3.46. The van der Waals surface area contributed by atoms with Crippen molar-refractivity contribution >= 4 is 57.3 Å². The number of aromatic amines is 1. The molecule has 0 unspecified atom stereocenters. The van der Waals surface area contributed by atoms with Gasteiger partial charge in [-0.1, -0.05) is 6.92 Å². The van der Waals surface area contributed by atoms with Gasteiger partial charge < -0.3 is 46.7 Å². The van der Waals surface area contributed by atoms with Crippen LogP contribution in [0.5, 0.6) is 0 Å². The molecule has 0 aliphatic rings. The molecule has 3 aromatic heterocycles. The van der Waals surface area contributed by atoms with Crippen LogP contribution in [0.25, 0.3) is 10.7 Å². The number of nitrogens with one attached hydrogen (secondary N) is 4. The van der Waals surface area contributed by atoms with Crippen molar-refractivity contribution in [3.8, 4) is 10.7 Å². The van der Waals surface area contributed by atoms with Crippen LogP contribution in [0.3, 0.4) is 0 Å². The number of aromatic nitrogens is 4. The lowest BCUT2D eigenvalue weighted by Gasteiger charge is -2.28. The van der Waals surface area contributed by atoms with Gasteiger partial charge in [-0.3, -0.25) is 14.4 Å². The minimum Gasteiger partial charge on any atom is -0.464 e. The summed E-state index contributed by atoms with van der Waals surface area (Å²) < 4.78 is 5.33. The molecule has 0 saturated heterocycles. The molecule has 3 heterocycles. The van der Waals surface area contributed by atoms with Gasteiger partial charge in [0, 0.05) is 30.1 Å². The zero-order chi connectivity index (χ0) is 36.2. The quantitative estimate of drug-likeness (QED) is 0.0440. The Kier molecular flexibility index (Phi) is 15.6. The van der Waals surface area contributed by atoms with Gasteiger partial charge in [-0.2, -0.15) is 0 Å². The van der Waals surface area contributed by atoms with E-state index in [1.165, 1.54) is 56.0 Å². The van der Waals surface area contributed by atoms with E-state index in [-0.39, 0.29) is 24.6 Å². The fourth-order valence-corrected chi connectivity index (χ4v) is 6.74. The first-order valence-corrected chi connectivity index (χ1v) is 19.4. The summed E-state index contributed by atoms with van der Waals surface area (Å²) in [5, 5.41) is 43.7. The van der Waals surface area contributed by atoms with E-state index in [0.717, 1.165) is 12.2 Å². The second kappa shape index (κ2) is 19.1. The molecule has 16 nitrogen and oxygen atoms in total. The molecule has 0 aromatic carbocycles. The van der Waals surface area contributed by atoms with Crippen LogP contribution in [0, 0.1) is 5.92 Å². The van der Waals surface area contributed by atoms with Gasteiger partial charge in [-0.15, -0.1) is 22.7 Å². The molecule has 0 saturated carbocycles. The molecule has 3 aromatic rings. The normalized spacial score (nSPS) is 15.8. The van der Waals surface area contributed by atoms with Crippen molar-refractivity contribution in [2.75, 3.05) is 31.4 Å². The average molecular weight is 742 g/mol. The molecular weight excluding hydrogens is 697 g/mol. The molecule has 19 heteroatoms. The number of aliphatic hydroxyl groups is 3.